The quantitative estimate of drug-likeness (QED) is 0.879. The number of likely N-dealkylation sites (tertiary alicyclic amines) is 1. The van der Waals surface area contributed by atoms with Crippen LogP contribution in [0.2, 0.25) is 0 Å². The molecule has 2 bridgehead atoms. The van der Waals surface area contributed by atoms with Gasteiger partial charge in [-0.25, -0.2) is 8.42 Å². The van der Waals surface area contributed by atoms with E-state index in [1.807, 2.05) is 18.2 Å². The number of aromatic hydroxyl groups is 1. The average Bonchev–Trinajstić information content (AvgIpc) is 2.64. The molecule has 0 amide bonds. The van der Waals surface area contributed by atoms with E-state index in [4.69, 9.17) is 4.74 Å². The maximum absolute atomic E-state index is 12.6. The summed E-state index contributed by atoms with van der Waals surface area (Å²) in [5.41, 5.74) is 1.42. The number of hydrogen-bond acceptors (Lipinski definition) is 5. The Morgan fingerprint density at radius 2 is 2.15 bits per heavy atom. The van der Waals surface area contributed by atoms with E-state index in [0.717, 1.165) is 30.5 Å². The molecule has 26 heavy (non-hydrogen) atoms. The van der Waals surface area contributed by atoms with E-state index in [0.29, 0.717) is 16.7 Å². The minimum Gasteiger partial charge on any atom is -0.504 e. The number of methoxy groups -OCH3 is 1. The van der Waals surface area contributed by atoms with Crippen molar-refractivity contribution >= 4 is 9.84 Å². The summed E-state index contributed by atoms with van der Waals surface area (Å²) in [6.45, 7) is 2.53. The number of phenolic OH excluding ortho intramolecular Hbond substituents is 1. The predicted octanol–water partition coefficient (Wildman–Crippen LogP) is 2.40. The molecule has 1 aromatic rings. The largest absolute Gasteiger partial charge is 0.504 e. The smallest absolute Gasteiger partial charge is 0.177 e. The maximum atomic E-state index is 12.6. The molecule has 5 nitrogen and oxygen atoms in total. The van der Waals surface area contributed by atoms with Gasteiger partial charge in [-0.1, -0.05) is 25.1 Å². The van der Waals surface area contributed by atoms with Gasteiger partial charge in [0.25, 0.3) is 0 Å². The number of hydrogen-bond donors (Lipinski definition) is 1. The number of benzene rings is 1. The number of likely N-dealkylation sites (N-methyl/N-ethyl adjacent to an activating group) is 1. The first-order chi connectivity index (χ1) is 12.3. The van der Waals surface area contributed by atoms with Crippen LogP contribution in [0.5, 0.6) is 11.5 Å². The van der Waals surface area contributed by atoms with E-state index in [-0.39, 0.29) is 17.4 Å². The van der Waals surface area contributed by atoms with Crippen molar-refractivity contribution in [1.29, 1.82) is 0 Å². The Kier molecular flexibility index (Phi) is 3.97. The minimum atomic E-state index is -3.31. The molecule has 3 atom stereocenters. The van der Waals surface area contributed by atoms with Crippen molar-refractivity contribution in [2.45, 2.75) is 31.2 Å². The molecule has 2 aliphatic carbocycles. The van der Waals surface area contributed by atoms with Crippen molar-refractivity contribution < 1.29 is 18.3 Å². The van der Waals surface area contributed by atoms with Crippen molar-refractivity contribution in [3.05, 3.63) is 46.4 Å². The van der Waals surface area contributed by atoms with Gasteiger partial charge in [-0.05, 0) is 44.1 Å². The Morgan fingerprint density at radius 3 is 2.85 bits per heavy atom. The molecule has 0 aromatic heterocycles. The summed E-state index contributed by atoms with van der Waals surface area (Å²) in [5, 5.41) is 11.0. The number of fused-ring (bicyclic) bond motifs is 1. The van der Waals surface area contributed by atoms with Crippen LogP contribution in [0, 0.1) is 5.92 Å². The molecular weight excluding hydrogens is 350 g/mol. The van der Waals surface area contributed by atoms with Crippen LogP contribution in [0.1, 0.15) is 24.5 Å². The van der Waals surface area contributed by atoms with E-state index in [1.54, 1.807) is 26.2 Å². The first-order valence-corrected chi connectivity index (χ1v) is 10.7. The molecule has 140 valence electrons. The molecule has 0 radical (unpaired) electrons. The highest BCUT2D eigenvalue weighted by Gasteiger charge is 2.53. The summed E-state index contributed by atoms with van der Waals surface area (Å²) < 4.78 is 30.5. The zero-order chi connectivity index (χ0) is 18.7. The fourth-order valence-electron chi connectivity index (χ4n) is 4.98. The third-order valence-corrected chi connectivity index (χ3v) is 8.13. The van der Waals surface area contributed by atoms with Gasteiger partial charge in [0.15, 0.2) is 21.3 Å². The lowest BCUT2D eigenvalue weighted by Crippen LogP contribution is -2.58. The van der Waals surface area contributed by atoms with Gasteiger partial charge < -0.3 is 14.7 Å². The number of phenols is 1. The molecule has 3 aliphatic rings. The molecule has 1 N–H and O–H groups in total. The summed E-state index contributed by atoms with van der Waals surface area (Å²) >= 11 is 0. The second-order valence-electron chi connectivity index (χ2n) is 7.53. The second kappa shape index (κ2) is 5.86. The van der Waals surface area contributed by atoms with Gasteiger partial charge in [0, 0.05) is 22.9 Å². The summed E-state index contributed by atoms with van der Waals surface area (Å²) in [4.78, 5) is 2.72. The van der Waals surface area contributed by atoms with Crippen molar-refractivity contribution in [3.63, 3.8) is 0 Å². The first-order valence-electron chi connectivity index (χ1n) is 9.07. The van der Waals surface area contributed by atoms with Gasteiger partial charge in [-0.15, -0.1) is 0 Å². The van der Waals surface area contributed by atoms with Crippen LogP contribution in [0.25, 0.3) is 0 Å². The normalized spacial score (nSPS) is 30.3. The number of sulfone groups is 1. The lowest BCUT2D eigenvalue weighted by Gasteiger charge is -2.55. The van der Waals surface area contributed by atoms with Gasteiger partial charge in [0.05, 0.1) is 17.8 Å². The third kappa shape index (κ3) is 2.28. The Balaban J connectivity index is 2.00. The summed E-state index contributed by atoms with van der Waals surface area (Å²) in [6, 6.07) is 4.10. The Bertz CT molecular complexity index is 918. The standard InChI is InChI=1S/C20H25NO4S/c1-4-26(23,24)14-6-7-15-16-11-13-5-8-17(25-3)19(22)18(13)20(15,12-14)9-10-21(16)2/h5-8,12,15-16,22H,4,9-11H2,1-3H3/t15-,16+,20-/m0/s1. The van der Waals surface area contributed by atoms with Crippen LogP contribution < -0.4 is 4.74 Å². The van der Waals surface area contributed by atoms with Crippen LogP contribution in [0.3, 0.4) is 0 Å². The SMILES string of the molecule is CCS(=O)(=O)C1=C[C@]23CCN(C)[C@H](Cc4ccc(OC)c(O)c42)[C@@H]3C=C1. The molecule has 1 fully saturated rings. The van der Waals surface area contributed by atoms with E-state index in [9.17, 15) is 13.5 Å². The second-order valence-corrected chi connectivity index (χ2v) is 9.81. The van der Waals surface area contributed by atoms with Gasteiger partial charge in [-0.2, -0.15) is 0 Å². The van der Waals surface area contributed by atoms with Gasteiger partial charge in [-0.3, -0.25) is 0 Å². The summed E-state index contributed by atoms with van der Waals surface area (Å²) in [6.07, 6.45) is 7.32. The van der Waals surface area contributed by atoms with Gasteiger partial charge >= 0.3 is 0 Å². The minimum absolute atomic E-state index is 0.0736. The zero-order valence-corrected chi connectivity index (χ0v) is 16.2. The van der Waals surface area contributed by atoms with E-state index in [1.165, 1.54) is 0 Å². The van der Waals surface area contributed by atoms with Gasteiger partial charge in [0.1, 0.15) is 0 Å². The number of piperidine rings is 1. The third-order valence-electron chi connectivity index (χ3n) is 6.40. The number of rotatable bonds is 3. The van der Waals surface area contributed by atoms with Crippen LogP contribution in [-0.4, -0.2) is 50.9 Å². The highest BCUT2D eigenvalue weighted by atomic mass is 32.2. The maximum Gasteiger partial charge on any atom is 0.177 e. The van der Waals surface area contributed by atoms with Gasteiger partial charge in [0.2, 0.25) is 0 Å². The molecular formula is C20H25NO4S. The van der Waals surface area contributed by atoms with Crippen molar-refractivity contribution in [3.8, 4) is 11.5 Å². The molecule has 0 unspecified atom stereocenters. The lowest BCUT2D eigenvalue weighted by molar-refractivity contribution is 0.0778. The highest BCUT2D eigenvalue weighted by Crippen LogP contribution is 2.56. The molecule has 0 saturated carbocycles. The zero-order valence-electron chi connectivity index (χ0n) is 15.4. The van der Waals surface area contributed by atoms with Crippen molar-refractivity contribution in [1.82, 2.24) is 4.90 Å². The molecule has 0 spiro atoms. The number of ether oxygens (including phenoxy) is 1. The van der Waals surface area contributed by atoms with E-state index < -0.39 is 15.3 Å². The molecule has 4 rings (SSSR count). The van der Waals surface area contributed by atoms with Crippen LogP contribution in [0.4, 0.5) is 0 Å². The monoisotopic (exact) mass is 375 g/mol. The van der Waals surface area contributed by atoms with Crippen LogP contribution in [-0.2, 0) is 21.7 Å². The Hall–Kier alpha value is -1.79. The summed E-state index contributed by atoms with van der Waals surface area (Å²) in [5.74, 6) is 0.807. The summed E-state index contributed by atoms with van der Waals surface area (Å²) in [7, 11) is 0.356. The Labute approximate surface area is 154 Å². The van der Waals surface area contributed by atoms with Crippen LogP contribution in [0.15, 0.2) is 35.3 Å². The fraction of sp³-hybridized carbons (Fsp3) is 0.500. The Morgan fingerprint density at radius 1 is 1.38 bits per heavy atom. The fourth-order valence-corrected chi connectivity index (χ4v) is 5.99. The van der Waals surface area contributed by atoms with Crippen molar-refractivity contribution in [2.75, 3.05) is 26.5 Å². The molecule has 1 saturated heterocycles. The number of nitrogens with zero attached hydrogens (tertiary/aromatic N) is 1. The molecule has 6 heteroatoms. The topological polar surface area (TPSA) is 66.8 Å². The average molecular weight is 375 g/mol. The molecule has 1 aromatic carbocycles. The lowest BCUT2D eigenvalue weighted by atomic mass is 9.56. The van der Waals surface area contributed by atoms with Crippen molar-refractivity contribution in [2.24, 2.45) is 5.92 Å². The molecule has 1 heterocycles. The highest BCUT2D eigenvalue weighted by molar-refractivity contribution is 7.95. The van der Waals surface area contributed by atoms with E-state index in [2.05, 4.69) is 11.9 Å². The number of allylic oxidation sites excluding steroid dienone is 2. The predicted molar refractivity (Wildman–Crippen MR) is 101 cm³/mol. The first kappa shape index (κ1) is 17.6. The van der Waals surface area contributed by atoms with Crippen LogP contribution >= 0.6 is 0 Å². The molecule has 1 aliphatic heterocycles. The van der Waals surface area contributed by atoms with E-state index >= 15 is 0 Å².